The minimum Gasteiger partial charge on any atom is -0.384 e. The monoisotopic (exact) mass is 167 g/mol. The number of nitrogens with one attached hydrogen (secondary N) is 1. The van der Waals surface area contributed by atoms with Crippen LogP contribution in [0.25, 0.3) is 0 Å². The zero-order chi connectivity index (χ0) is 7.84. The Morgan fingerprint density at radius 1 is 1.64 bits per heavy atom. The molecule has 1 aromatic rings. The third kappa shape index (κ3) is 1.06. The highest BCUT2D eigenvalue weighted by Gasteiger charge is 2.18. The number of hydrogen-bond acceptors (Lipinski definition) is 2. The lowest BCUT2D eigenvalue weighted by atomic mass is 10.0. The number of rotatable bonds is 0. The number of aryl methyl sites for hydroxylation is 1. The summed E-state index contributed by atoms with van der Waals surface area (Å²) in [6.07, 6.45) is 1.28. The third-order valence-corrected chi connectivity index (χ3v) is 3.66. The van der Waals surface area contributed by atoms with E-state index in [4.69, 9.17) is 0 Å². The molecule has 1 aromatic heterocycles. The molecule has 0 aliphatic carbocycles. The van der Waals surface area contributed by atoms with E-state index in [1.165, 1.54) is 17.7 Å². The average molecular weight is 167 g/mol. The van der Waals surface area contributed by atoms with Crippen molar-refractivity contribution in [3.05, 3.63) is 15.8 Å². The molecule has 1 nitrogen and oxygen atoms in total. The van der Waals surface area contributed by atoms with E-state index in [2.05, 4.69) is 24.5 Å². The highest BCUT2D eigenvalue weighted by Crippen LogP contribution is 2.38. The fourth-order valence-corrected chi connectivity index (χ4v) is 2.72. The van der Waals surface area contributed by atoms with Crippen LogP contribution in [0.3, 0.4) is 0 Å². The Balaban J connectivity index is 2.46. The van der Waals surface area contributed by atoms with Crippen molar-refractivity contribution in [3.8, 4) is 0 Å². The maximum atomic E-state index is 3.45. The number of fused-ring (bicyclic) bond motifs is 1. The summed E-state index contributed by atoms with van der Waals surface area (Å²) >= 11 is 1.90. The summed E-state index contributed by atoms with van der Waals surface area (Å²) < 4.78 is 0. The van der Waals surface area contributed by atoms with Crippen molar-refractivity contribution in [1.82, 2.24) is 0 Å². The summed E-state index contributed by atoms with van der Waals surface area (Å²) in [6.45, 7) is 5.64. The average Bonchev–Trinajstić information content (AvgIpc) is 2.35. The van der Waals surface area contributed by atoms with Gasteiger partial charge in [-0.25, -0.2) is 0 Å². The summed E-state index contributed by atoms with van der Waals surface area (Å²) in [5.41, 5.74) is 2.82. The molecule has 0 bridgehead atoms. The molecule has 2 rings (SSSR count). The molecular formula is C9H13NS. The summed E-state index contributed by atoms with van der Waals surface area (Å²) in [7, 11) is 0. The van der Waals surface area contributed by atoms with Gasteiger partial charge in [0.2, 0.25) is 0 Å². The molecule has 1 unspecified atom stereocenters. The second kappa shape index (κ2) is 2.52. The van der Waals surface area contributed by atoms with Gasteiger partial charge in [0.25, 0.3) is 0 Å². The lowest BCUT2D eigenvalue weighted by Gasteiger charge is -2.20. The van der Waals surface area contributed by atoms with Gasteiger partial charge in [0, 0.05) is 11.4 Å². The Hall–Kier alpha value is -0.500. The van der Waals surface area contributed by atoms with E-state index in [1.807, 2.05) is 11.3 Å². The van der Waals surface area contributed by atoms with Crippen LogP contribution in [0, 0.1) is 6.92 Å². The topological polar surface area (TPSA) is 12.0 Å². The first kappa shape index (κ1) is 7.17. The maximum absolute atomic E-state index is 3.45. The molecule has 0 aromatic carbocycles. The van der Waals surface area contributed by atoms with Crippen LogP contribution in [0.4, 0.5) is 5.69 Å². The molecule has 0 radical (unpaired) electrons. The van der Waals surface area contributed by atoms with E-state index >= 15 is 0 Å². The van der Waals surface area contributed by atoms with Gasteiger partial charge in [-0.05, 0) is 30.2 Å². The van der Waals surface area contributed by atoms with Crippen LogP contribution < -0.4 is 5.32 Å². The van der Waals surface area contributed by atoms with Gasteiger partial charge >= 0.3 is 0 Å². The second-order valence-corrected chi connectivity index (χ2v) is 4.19. The van der Waals surface area contributed by atoms with E-state index in [-0.39, 0.29) is 0 Å². The first-order valence-electron chi connectivity index (χ1n) is 4.11. The Labute approximate surface area is 71.4 Å². The van der Waals surface area contributed by atoms with Gasteiger partial charge in [0.05, 0.1) is 5.69 Å². The van der Waals surface area contributed by atoms with Crippen molar-refractivity contribution in [2.24, 2.45) is 0 Å². The number of thiophene rings is 1. The first-order chi connectivity index (χ1) is 5.29. The van der Waals surface area contributed by atoms with Crippen molar-refractivity contribution in [2.75, 3.05) is 11.9 Å². The Bertz CT molecular complexity index is 265. The Kier molecular flexibility index (Phi) is 1.64. The van der Waals surface area contributed by atoms with Crippen molar-refractivity contribution in [3.63, 3.8) is 0 Å². The van der Waals surface area contributed by atoms with Gasteiger partial charge in [0.1, 0.15) is 0 Å². The van der Waals surface area contributed by atoms with E-state index in [1.54, 1.807) is 4.88 Å². The van der Waals surface area contributed by atoms with Crippen molar-refractivity contribution < 1.29 is 0 Å². The summed E-state index contributed by atoms with van der Waals surface area (Å²) in [5.74, 6) is 0.768. The molecule has 0 saturated heterocycles. The maximum Gasteiger partial charge on any atom is 0.0514 e. The molecular weight excluding hydrogens is 154 g/mol. The van der Waals surface area contributed by atoms with Gasteiger partial charge in [0.15, 0.2) is 0 Å². The smallest absolute Gasteiger partial charge is 0.0514 e. The zero-order valence-electron chi connectivity index (χ0n) is 6.98. The molecule has 0 fully saturated rings. The molecule has 1 aliphatic rings. The van der Waals surface area contributed by atoms with Gasteiger partial charge in [-0.3, -0.25) is 0 Å². The predicted molar refractivity (Wildman–Crippen MR) is 50.6 cm³/mol. The molecule has 1 aliphatic heterocycles. The van der Waals surface area contributed by atoms with E-state index in [0.29, 0.717) is 0 Å². The summed E-state index contributed by atoms with van der Waals surface area (Å²) in [6, 6.07) is 0. The molecule has 1 N–H and O–H groups in total. The molecule has 11 heavy (non-hydrogen) atoms. The molecule has 0 amide bonds. The summed E-state index contributed by atoms with van der Waals surface area (Å²) in [4.78, 5) is 1.55. The van der Waals surface area contributed by atoms with Crippen LogP contribution >= 0.6 is 11.3 Å². The van der Waals surface area contributed by atoms with Crippen LogP contribution in [-0.4, -0.2) is 6.54 Å². The molecule has 60 valence electrons. The fraction of sp³-hybridized carbons (Fsp3) is 0.556. The molecule has 2 heteroatoms. The largest absolute Gasteiger partial charge is 0.384 e. The fourth-order valence-electron chi connectivity index (χ4n) is 1.60. The minimum atomic E-state index is 0.768. The SMILES string of the molecule is Cc1csc2c1NCCC2C. The van der Waals surface area contributed by atoms with E-state index in [0.717, 1.165) is 12.5 Å². The highest BCUT2D eigenvalue weighted by atomic mass is 32.1. The van der Waals surface area contributed by atoms with Gasteiger partial charge in [-0.1, -0.05) is 6.92 Å². The predicted octanol–water partition coefficient (Wildman–Crippen LogP) is 2.98. The lowest BCUT2D eigenvalue weighted by molar-refractivity contribution is 0.696. The molecule has 1 atom stereocenters. The number of hydrogen-bond donors (Lipinski definition) is 1. The normalized spacial score (nSPS) is 22.5. The van der Waals surface area contributed by atoms with Crippen molar-refractivity contribution in [1.29, 1.82) is 0 Å². The minimum absolute atomic E-state index is 0.768. The van der Waals surface area contributed by atoms with Crippen LogP contribution in [0.2, 0.25) is 0 Å². The van der Waals surface area contributed by atoms with E-state index in [9.17, 15) is 0 Å². The van der Waals surface area contributed by atoms with Gasteiger partial charge in [-0.2, -0.15) is 0 Å². The quantitative estimate of drug-likeness (QED) is 0.626. The molecule has 0 spiro atoms. The van der Waals surface area contributed by atoms with Crippen LogP contribution in [0.15, 0.2) is 5.38 Å². The standard InChI is InChI=1S/C9H13NS/c1-6-3-4-10-8-7(2)5-11-9(6)8/h5-6,10H,3-4H2,1-2H3. The first-order valence-corrected chi connectivity index (χ1v) is 4.99. The van der Waals surface area contributed by atoms with Crippen molar-refractivity contribution in [2.45, 2.75) is 26.2 Å². The van der Waals surface area contributed by atoms with Crippen LogP contribution in [0.5, 0.6) is 0 Å². The molecule has 0 saturated carbocycles. The summed E-state index contributed by atoms with van der Waals surface area (Å²) in [5, 5.41) is 5.70. The van der Waals surface area contributed by atoms with E-state index < -0.39 is 0 Å². The lowest BCUT2D eigenvalue weighted by Crippen LogP contribution is -2.13. The van der Waals surface area contributed by atoms with Crippen LogP contribution in [-0.2, 0) is 0 Å². The Morgan fingerprint density at radius 2 is 2.45 bits per heavy atom. The Morgan fingerprint density at radius 3 is 3.18 bits per heavy atom. The highest BCUT2D eigenvalue weighted by molar-refractivity contribution is 7.10. The van der Waals surface area contributed by atoms with Gasteiger partial charge < -0.3 is 5.32 Å². The van der Waals surface area contributed by atoms with Crippen LogP contribution in [0.1, 0.15) is 29.7 Å². The number of anilines is 1. The molecule has 2 heterocycles. The zero-order valence-corrected chi connectivity index (χ0v) is 7.79. The van der Waals surface area contributed by atoms with Gasteiger partial charge in [-0.15, -0.1) is 11.3 Å². The third-order valence-electron chi connectivity index (χ3n) is 2.33. The van der Waals surface area contributed by atoms with Crippen molar-refractivity contribution >= 4 is 17.0 Å². The second-order valence-electron chi connectivity index (χ2n) is 3.27.